The van der Waals surface area contributed by atoms with Crippen molar-refractivity contribution in [3.05, 3.63) is 80.6 Å². The minimum Gasteiger partial charge on any atom is -0.352 e. The van der Waals surface area contributed by atoms with Crippen molar-refractivity contribution in [3.8, 4) is 0 Å². The van der Waals surface area contributed by atoms with E-state index in [2.05, 4.69) is 18.3 Å². The molecule has 0 unspecified atom stereocenters. The third-order valence-electron chi connectivity index (χ3n) is 6.54. The van der Waals surface area contributed by atoms with Gasteiger partial charge in [0.2, 0.25) is 0 Å². The molecule has 0 atom stereocenters. The molecule has 190 valence electrons. The van der Waals surface area contributed by atoms with E-state index >= 15 is 0 Å². The summed E-state index contributed by atoms with van der Waals surface area (Å²) in [7, 11) is 0. The lowest BCUT2D eigenvalue weighted by atomic mass is 9.97. The summed E-state index contributed by atoms with van der Waals surface area (Å²) in [4.78, 5) is 31.1. The number of nitrogens with one attached hydrogen (secondary N) is 1. The van der Waals surface area contributed by atoms with Crippen LogP contribution in [0.1, 0.15) is 74.2 Å². The van der Waals surface area contributed by atoms with Crippen molar-refractivity contribution in [1.29, 1.82) is 0 Å². The molecule has 5 nitrogen and oxygen atoms in total. The molecule has 4 rings (SSSR count). The van der Waals surface area contributed by atoms with E-state index in [9.17, 15) is 9.59 Å². The third kappa shape index (κ3) is 7.01. The normalized spacial score (nSPS) is 13.6. The molecule has 1 aliphatic rings. The van der Waals surface area contributed by atoms with E-state index in [0.29, 0.717) is 45.5 Å². The van der Waals surface area contributed by atoms with Gasteiger partial charge in [-0.3, -0.25) is 14.2 Å². The summed E-state index contributed by atoms with van der Waals surface area (Å²) < 4.78 is 1.78. The fourth-order valence-electron chi connectivity index (χ4n) is 4.51. The van der Waals surface area contributed by atoms with Crippen LogP contribution in [-0.4, -0.2) is 22.0 Å². The SMILES string of the molecule is CCCCCn1c(SCc2cccc(Cl)c2)nc2cc(C(=O)NCCC3=CCCCC3)ccc2c1=O. The maximum absolute atomic E-state index is 13.4. The first-order valence-electron chi connectivity index (χ1n) is 12.9. The number of hydrogen-bond donors (Lipinski definition) is 1. The zero-order valence-electron chi connectivity index (χ0n) is 20.9. The Balaban J connectivity index is 1.55. The maximum Gasteiger partial charge on any atom is 0.262 e. The Hall–Kier alpha value is -2.57. The van der Waals surface area contributed by atoms with Crippen LogP contribution in [0.5, 0.6) is 0 Å². The van der Waals surface area contributed by atoms with E-state index in [-0.39, 0.29) is 11.5 Å². The number of halogens is 1. The molecular formula is C29H34ClN3O2S. The molecular weight excluding hydrogens is 490 g/mol. The van der Waals surface area contributed by atoms with Crippen LogP contribution in [-0.2, 0) is 12.3 Å². The molecule has 1 N–H and O–H groups in total. The average molecular weight is 524 g/mol. The van der Waals surface area contributed by atoms with E-state index in [1.54, 1.807) is 22.8 Å². The van der Waals surface area contributed by atoms with Gasteiger partial charge >= 0.3 is 0 Å². The highest BCUT2D eigenvalue weighted by Crippen LogP contribution is 2.25. The Morgan fingerprint density at radius 2 is 2.06 bits per heavy atom. The molecule has 36 heavy (non-hydrogen) atoms. The smallest absolute Gasteiger partial charge is 0.262 e. The summed E-state index contributed by atoms with van der Waals surface area (Å²) in [5, 5.41) is 4.94. The fraction of sp³-hybridized carbons (Fsp3) is 0.414. The number of thioether (sulfide) groups is 1. The van der Waals surface area contributed by atoms with Crippen LogP contribution in [0.25, 0.3) is 10.9 Å². The topological polar surface area (TPSA) is 64.0 Å². The predicted molar refractivity (Wildman–Crippen MR) is 150 cm³/mol. The molecule has 0 bridgehead atoms. The molecule has 2 aromatic carbocycles. The molecule has 0 aliphatic heterocycles. The second-order valence-corrected chi connectivity index (χ2v) is 10.7. The van der Waals surface area contributed by atoms with Crippen molar-refractivity contribution < 1.29 is 4.79 Å². The van der Waals surface area contributed by atoms with Gasteiger partial charge < -0.3 is 5.32 Å². The predicted octanol–water partition coefficient (Wildman–Crippen LogP) is 7.15. The minimum atomic E-state index is -0.129. The zero-order chi connectivity index (χ0) is 25.3. The van der Waals surface area contributed by atoms with Crippen molar-refractivity contribution in [1.82, 2.24) is 14.9 Å². The Morgan fingerprint density at radius 1 is 1.17 bits per heavy atom. The van der Waals surface area contributed by atoms with Gasteiger partial charge in [-0.25, -0.2) is 4.98 Å². The second kappa shape index (κ2) is 13.1. The standard InChI is InChI=1S/C29H34ClN3O2S/c1-2-3-7-17-33-28(35)25-14-13-23(27(34)31-16-15-21-9-5-4-6-10-21)19-26(25)32-29(33)36-20-22-11-8-12-24(30)18-22/h8-9,11-14,18-19H,2-7,10,15-17,20H2,1H3,(H,31,34). The van der Waals surface area contributed by atoms with E-state index in [1.807, 2.05) is 24.3 Å². The van der Waals surface area contributed by atoms with Crippen molar-refractivity contribution in [3.63, 3.8) is 0 Å². The van der Waals surface area contributed by atoms with Gasteiger partial charge in [-0.15, -0.1) is 0 Å². The highest BCUT2D eigenvalue weighted by molar-refractivity contribution is 7.98. The van der Waals surface area contributed by atoms with Crippen LogP contribution in [0.2, 0.25) is 5.02 Å². The van der Waals surface area contributed by atoms with Crippen LogP contribution >= 0.6 is 23.4 Å². The molecule has 0 saturated heterocycles. The third-order valence-corrected chi connectivity index (χ3v) is 7.82. The van der Waals surface area contributed by atoms with Gasteiger partial charge in [-0.2, -0.15) is 0 Å². The Bertz CT molecular complexity index is 1300. The average Bonchev–Trinajstić information content (AvgIpc) is 2.89. The van der Waals surface area contributed by atoms with Crippen LogP contribution in [0, 0.1) is 0 Å². The molecule has 3 aromatic rings. The Labute approximate surface area is 222 Å². The quantitative estimate of drug-likeness (QED) is 0.125. The first kappa shape index (κ1) is 26.5. The number of fused-ring (bicyclic) bond motifs is 1. The number of hydrogen-bond acceptors (Lipinski definition) is 4. The number of nitrogens with zero attached hydrogens (tertiary/aromatic N) is 2. The lowest BCUT2D eigenvalue weighted by Crippen LogP contribution is -2.26. The number of rotatable bonds is 11. The number of benzene rings is 2. The zero-order valence-corrected chi connectivity index (χ0v) is 22.5. The van der Waals surface area contributed by atoms with Gasteiger partial charge in [-0.05, 0) is 74.4 Å². The van der Waals surface area contributed by atoms with Gasteiger partial charge in [0.05, 0.1) is 10.9 Å². The van der Waals surface area contributed by atoms with Gasteiger partial charge in [0, 0.05) is 29.4 Å². The summed E-state index contributed by atoms with van der Waals surface area (Å²) in [6.07, 6.45) is 11.0. The van der Waals surface area contributed by atoms with Gasteiger partial charge in [0.15, 0.2) is 5.16 Å². The number of allylic oxidation sites excluding steroid dienone is 1. The van der Waals surface area contributed by atoms with Crippen LogP contribution in [0.3, 0.4) is 0 Å². The first-order chi connectivity index (χ1) is 17.5. The summed E-state index contributed by atoms with van der Waals surface area (Å²) >= 11 is 7.68. The van der Waals surface area contributed by atoms with E-state index in [0.717, 1.165) is 44.1 Å². The maximum atomic E-state index is 13.4. The van der Waals surface area contributed by atoms with Gasteiger partial charge in [0.25, 0.3) is 11.5 Å². The van der Waals surface area contributed by atoms with Crippen molar-refractivity contribution in [2.45, 2.75) is 75.7 Å². The fourth-order valence-corrected chi connectivity index (χ4v) is 5.70. The largest absolute Gasteiger partial charge is 0.352 e. The van der Waals surface area contributed by atoms with Crippen LogP contribution in [0.15, 0.2) is 64.1 Å². The molecule has 0 fully saturated rings. The summed E-state index contributed by atoms with van der Waals surface area (Å²) in [6.45, 7) is 3.40. The highest BCUT2D eigenvalue weighted by atomic mass is 35.5. The lowest BCUT2D eigenvalue weighted by Gasteiger charge is -2.14. The molecule has 1 heterocycles. The lowest BCUT2D eigenvalue weighted by molar-refractivity contribution is 0.0954. The van der Waals surface area contributed by atoms with Gasteiger partial charge in [-0.1, -0.05) is 66.9 Å². The number of aromatic nitrogens is 2. The Morgan fingerprint density at radius 3 is 2.83 bits per heavy atom. The number of amides is 1. The molecule has 0 saturated carbocycles. The summed E-state index contributed by atoms with van der Waals surface area (Å²) in [5.74, 6) is 0.526. The second-order valence-electron chi connectivity index (χ2n) is 9.32. The number of carbonyl (C=O) groups excluding carboxylic acids is 1. The Kier molecular flexibility index (Phi) is 9.65. The first-order valence-corrected chi connectivity index (χ1v) is 14.3. The molecule has 1 amide bonds. The molecule has 0 radical (unpaired) electrons. The van der Waals surface area contributed by atoms with E-state index < -0.39 is 0 Å². The minimum absolute atomic E-state index is 0.0547. The molecule has 7 heteroatoms. The van der Waals surface area contributed by atoms with E-state index in [1.165, 1.54) is 30.2 Å². The highest BCUT2D eigenvalue weighted by Gasteiger charge is 2.15. The van der Waals surface area contributed by atoms with Crippen LogP contribution in [0.4, 0.5) is 0 Å². The summed E-state index contributed by atoms with van der Waals surface area (Å²) in [6, 6.07) is 12.9. The number of unbranched alkanes of at least 4 members (excludes halogenated alkanes) is 2. The molecule has 1 aliphatic carbocycles. The molecule has 0 spiro atoms. The number of carbonyl (C=O) groups is 1. The van der Waals surface area contributed by atoms with Crippen LogP contribution < -0.4 is 10.9 Å². The van der Waals surface area contributed by atoms with Crippen molar-refractivity contribution in [2.24, 2.45) is 0 Å². The van der Waals surface area contributed by atoms with Gasteiger partial charge in [0.1, 0.15) is 0 Å². The van der Waals surface area contributed by atoms with E-state index in [4.69, 9.17) is 16.6 Å². The summed E-state index contributed by atoms with van der Waals surface area (Å²) in [5.41, 5.74) is 3.54. The van der Waals surface area contributed by atoms with Crippen molar-refractivity contribution >= 4 is 40.2 Å². The monoisotopic (exact) mass is 523 g/mol. The molecule has 1 aromatic heterocycles. The van der Waals surface area contributed by atoms with Crippen molar-refractivity contribution in [2.75, 3.05) is 6.54 Å².